The molecule has 5 aromatic rings. The minimum atomic E-state index is -0.332. The zero-order valence-corrected chi connectivity index (χ0v) is 16.5. The maximum absolute atomic E-state index is 13.5. The average Bonchev–Trinajstić information content (AvgIpc) is 3.43. The van der Waals surface area contributed by atoms with Gasteiger partial charge in [-0.2, -0.15) is 0 Å². The van der Waals surface area contributed by atoms with Crippen molar-refractivity contribution in [1.29, 1.82) is 0 Å². The summed E-state index contributed by atoms with van der Waals surface area (Å²) in [5, 5.41) is 9.87. The van der Waals surface area contributed by atoms with Gasteiger partial charge in [0.25, 0.3) is 0 Å². The van der Waals surface area contributed by atoms with Crippen LogP contribution in [0.3, 0.4) is 0 Å². The molecule has 0 saturated heterocycles. The largest absolute Gasteiger partial charge is 0.438 e. The number of aliphatic hydroxyl groups excluding tert-OH is 1. The van der Waals surface area contributed by atoms with E-state index >= 15 is 0 Å². The number of hydrogen-bond acceptors (Lipinski definition) is 6. The smallest absolute Gasteiger partial charge is 0.230 e. The van der Waals surface area contributed by atoms with E-state index in [0.717, 1.165) is 5.56 Å². The molecule has 3 heterocycles. The van der Waals surface area contributed by atoms with Crippen molar-refractivity contribution in [3.63, 3.8) is 0 Å². The van der Waals surface area contributed by atoms with Gasteiger partial charge in [-0.05, 0) is 36.8 Å². The van der Waals surface area contributed by atoms with Crippen molar-refractivity contribution >= 4 is 11.1 Å². The van der Waals surface area contributed by atoms with Crippen LogP contribution in [0.2, 0.25) is 0 Å². The van der Waals surface area contributed by atoms with E-state index in [1.807, 2.05) is 36.4 Å². The molecule has 0 atom stereocenters. The Labute approximate surface area is 177 Å². The summed E-state index contributed by atoms with van der Waals surface area (Å²) in [4.78, 5) is 13.3. The van der Waals surface area contributed by atoms with Crippen LogP contribution in [0.15, 0.2) is 75.8 Å². The molecule has 5 rings (SSSR count). The number of hydrogen-bond donors (Lipinski definition) is 1. The molecule has 31 heavy (non-hydrogen) atoms. The number of nitrogens with zero attached hydrogens (tertiary/aromatic N) is 3. The molecule has 0 amide bonds. The maximum atomic E-state index is 13.5. The van der Waals surface area contributed by atoms with Crippen LogP contribution in [0.1, 0.15) is 12.3 Å². The second kappa shape index (κ2) is 8.12. The van der Waals surface area contributed by atoms with Gasteiger partial charge in [-0.15, -0.1) is 0 Å². The summed E-state index contributed by atoms with van der Waals surface area (Å²) < 4.78 is 25.5. The van der Waals surface area contributed by atoms with Gasteiger partial charge in [0.15, 0.2) is 11.7 Å². The Morgan fingerprint density at radius 1 is 0.871 bits per heavy atom. The summed E-state index contributed by atoms with van der Waals surface area (Å²) in [7, 11) is 0. The van der Waals surface area contributed by atoms with Crippen LogP contribution in [-0.4, -0.2) is 26.7 Å². The molecule has 0 saturated carbocycles. The second-order valence-electron chi connectivity index (χ2n) is 7.04. The van der Waals surface area contributed by atoms with E-state index in [9.17, 15) is 9.50 Å². The van der Waals surface area contributed by atoms with E-state index in [0.29, 0.717) is 58.3 Å². The fourth-order valence-electron chi connectivity index (χ4n) is 3.45. The molecule has 0 aliphatic heterocycles. The van der Waals surface area contributed by atoms with E-state index in [-0.39, 0.29) is 12.4 Å². The summed E-state index contributed by atoms with van der Waals surface area (Å²) in [6.07, 6.45) is 2.41. The molecule has 7 heteroatoms. The van der Waals surface area contributed by atoms with E-state index in [1.165, 1.54) is 18.5 Å². The van der Waals surface area contributed by atoms with Crippen molar-refractivity contribution in [1.82, 2.24) is 15.0 Å². The van der Waals surface area contributed by atoms with Gasteiger partial charge in [-0.25, -0.2) is 19.3 Å². The lowest BCUT2D eigenvalue weighted by atomic mass is 10.1. The summed E-state index contributed by atoms with van der Waals surface area (Å²) in [6.45, 7) is 0.0313. The third kappa shape index (κ3) is 3.71. The molecule has 0 radical (unpaired) electrons. The molecule has 1 N–H and O–H groups in total. The van der Waals surface area contributed by atoms with Gasteiger partial charge in [0.2, 0.25) is 5.71 Å². The Balaban J connectivity index is 1.67. The molecular formula is C24H18FN3O3. The molecule has 0 aliphatic rings. The van der Waals surface area contributed by atoms with E-state index in [2.05, 4.69) is 15.0 Å². The summed E-state index contributed by atoms with van der Waals surface area (Å²) in [5.74, 6) is 1.26. The Morgan fingerprint density at radius 3 is 2.45 bits per heavy atom. The maximum Gasteiger partial charge on any atom is 0.230 e. The first-order valence-corrected chi connectivity index (χ1v) is 9.90. The number of halogens is 1. The highest BCUT2D eigenvalue weighted by molar-refractivity contribution is 5.94. The number of aliphatic hydroxyl groups is 1. The van der Waals surface area contributed by atoms with Crippen molar-refractivity contribution in [2.45, 2.75) is 12.8 Å². The number of fused-ring (bicyclic) bond motifs is 1. The minimum absolute atomic E-state index is 0.0313. The van der Waals surface area contributed by atoms with Gasteiger partial charge in [-0.3, -0.25) is 0 Å². The number of aryl methyl sites for hydroxylation is 1. The van der Waals surface area contributed by atoms with E-state index in [4.69, 9.17) is 8.83 Å². The van der Waals surface area contributed by atoms with Gasteiger partial charge in [-0.1, -0.05) is 30.3 Å². The number of aromatic nitrogens is 3. The highest BCUT2D eigenvalue weighted by Gasteiger charge is 2.22. The van der Waals surface area contributed by atoms with Crippen molar-refractivity contribution in [3.05, 3.63) is 78.7 Å². The Kier molecular flexibility index (Phi) is 5.01. The Hall–Kier alpha value is -3.84. The van der Waals surface area contributed by atoms with Gasteiger partial charge in [0, 0.05) is 24.2 Å². The average molecular weight is 415 g/mol. The topological polar surface area (TPSA) is 85.2 Å². The highest BCUT2D eigenvalue weighted by atomic mass is 19.1. The van der Waals surface area contributed by atoms with Crippen molar-refractivity contribution in [3.8, 4) is 34.0 Å². The predicted octanol–water partition coefficient (Wildman–Crippen LogP) is 5.28. The van der Waals surface area contributed by atoms with Gasteiger partial charge < -0.3 is 13.9 Å². The molecule has 154 valence electrons. The van der Waals surface area contributed by atoms with Gasteiger partial charge >= 0.3 is 0 Å². The quantitative estimate of drug-likeness (QED) is 0.406. The van der Waals surface area contributed by atoms with Crippen molar-refractivity contribution in [2.24, 2.45) is 0 Å². The molecule has 3 aromatic heterocycles. The van der Waals surface area contributed by atoms with Crippen molar-refractivity contribution in [2.75, 3.05) is 6.61 Å². The number of benzene rings is 2. The van der Waals surface area contributed by atoms with Crippen LogP contribution in [0.4, 0.5) is 4.39 Å². The summed E-state index contributed by atoms with van der Waals surface area (Å²) in [5.41, 5.74) is 3.15. The van der Waals surface area contributed by atoms with Crippen LogP contribution in [-0.2, 0) is 6.42 Å². The Morgan fingerprint density at radius 2 is 1.68 bits per heavy atom. The van der Waals surface area contributed by atoms with Crippen LogP contribution in [0, 0.1) is 5.82 Å². The van der Waals surface area contributed by atoms with Crippen molar-refractivity contribution < 1.29 is 18.3 Å². The first-order chi connectivity index (χ1) is 15.2. The molecule has 0 unspecified atom stereocenters. The molecular weight excluding hydrogens is 397 g/mol. The molecule has 0 aliphatic carbocycles. The summed E-state index contributed by atoms with van der Waals surface area (Å²) >= 11 is 0. The van der Waals surface area contributed by atoms with Gasteiger partial charge in [0.05, 0.1) is 5.39 Å². The van der Waals surface area contributed by atoms with E-state index in [1.54, 1.807) is 12.1 Å². The fourth-order valence-corrected chi connectivity index (χ4v) is 3.45. The number of oxazole rings is 1. The molecule has 0 fully saturated rings. The lowest BCUT2D eigenvalue weighted by Crippen LogP contribution is -1.89. The lowest BCUT2D eigenvalue weighted by molar-refractivity contribution is 0.283. The normalized spacial score (nSPS) is 11.3. The zero-order chi connectivity index (χ0) is 21.2. The lowest BCUT2D eigenvalue weighted by Gasteiger charge is -2.01. The van der Waals surface area contributed by atoms with Crippen LogP contribution >= 0.6 is 0 Å². The predicted molar refractivity (Wildman–Crippen MR) is 114 cm³/mol. The summed E-state index contributed by atoms with van der Waals surface area (Å²) in [6, 6.07) is 17.7. The number of furan rings is 1. The molecule has 0 bridgehead atoms. The zero-order valence-electron chi connectivity index (χ0n) is 16.5. The molecule has 2 aromatic carbocycles. The second-order valence-corrected chi connectivity index (χ2v) is 7.04. The van der Waals surface area contributed by atoms with Crippen LogP contribution < -0.4 is 0 Å². The van der Waals surface area contributed by atoms with Crippen LogP contribution in [0.5, 0.6) is 0 Å². The number of rotatable bonds is 6. The fraction of sp³-hybridized carbons (Fsp3) is 0.125. The molecule has 6 nitrogen and oxygen atoms in total. The van der Waals surface area contributed by atoms with E-state index < -0.39 is 0 Å². The Bertz CT molecular complexity index is 1330. The molecule has 0 spiro atoms. The SMILES string of the molecule is OCCCc1nc(-c2ccc(F)cc2)c(-c2ncnc3oc(-c4ccccc4)cc23)o1. The van der Waals surface area contributed by atoms with Gasteiger partial charge in [0.1, 0.15) is 29.3 Å². The van der Waals surface area contributed by atoms with Crippen LogP contribution in [0.25, 0.3) is 45.1 Å². The standard InChI is InChI=1S/C24H18FN3O3/c25-17-10-8-16(9-11-17)21-23(31-20(28-21)7-4-12-29)22-18-13-19(15-5-2-1-3-6-15)30-24(18)27-14-26-22/h1-3,5-6,8-11,13-14,29H,4,7,12H2. The highest BCUT2D eigenvalue weighted by Crippen LogP contribution is 2.37. The third-order valence-electron chi connectivity index (χ3n) is 4.94. The monoisotopic (exact) mass is 415 g/mol. The third-order valence-corrected chi connectivity index (χ3v) is 4.94. The first-order valence-electron chi connectivity index (χ1n) is 9.90. The first kappa shape index (κ1) is 19.1. The minimum Gasteiger partial charge on any atom is -0.438 e.